The number of carbonyl (C=O) groups is 1. The largest absolute Gasteiger partial charge is 0.393 e. The van der Waals surface area contributed by atoms with Crippen molar-refractivity contribution in [2.45, 2.75) is 173 Å². The average Bonchev–Trinajstić information content (AvgIpc) is 3.81. The maximum absolute atomic E-state index is 14.7. The molecule has 9 rings (SSSR count). The van der Waals surface area contributed by atoms with Gasteiger partial charge < -0.3 is 35.8 Å². The van der Waals surface area contributed by atoms with E-state index in [1.165, 1.54) is 11.1 Å². The van der Waals surface area contributed by atoms with Gasteiger partial charge in [-0.15, -0.1) is 0 Å². The quantitative estimate of drug-likeness (QED) is 0.150. The van der Waals surface area contributed by atoms with E-state index in [0.29, 0.717) is 31.2 Å². The summed E-state index contributed by atoms with van der Waals surface area (Å²) in [5.74, 6) is 1.24. The number of ether oxygens (including phenoxy) is 2. The lowest BCUT2D eigenvalue weighted by atomic mass is 9.37. The fraction of sp³-hybridized carbons (Fsp3) is 0.745. The molecule has 8 aliphatic rings. The second-order valence-corrected chi connectivity index (χ2v) is 22.4. The van der Waals surface area contributed by atoms with Gasteiger partial charge in [0.25, 0.3) is 0 Å². The van der Waals surface area contributed by atoms with Crippen LogP contribution in [0.3, 0.4) is 0 Å². The molecule has 8 nitrogen and oxygen atoms in total. The molecule has 3 aliphatic heterocycles. The van der Waals surface area contributed by atoms with Crippen molar-refractivity contribution >= 4 is 5.78 Å². The minimum absolute atomic E-state index is 0.0278. The molecule has 59 heavy (non-hydrogen) atoms. The third-order valence-electron chi connectivity index (χ3n) is 19.2. The molecule has 1 aromatic carbocycles. The van der Waals surface area contributed by atoms with E-state index in [4.69, 9.17) is 15.2 Å². The van der Waals surface area contributed by atoms with Crippen LogP contribution in [0.5, 0.6) is 0 Å². The van der Waals surface area contributed by atoms with Crippen LogP contribution >= 0.6 is 0 Å². The lowest BCUT2D eigenvalue weighted by molar-refractivity contribution is -0.211. The van der Waals surface area contributed by atoms with Gasteiger partial charge in [-0.25, -0.2) is 0 Å². The Kier molecular flexibility index (Phi) is 10.3. The monoisotopic (exact) mass is 811 g/mol. The molecule has 13 atom stereocenters. The van der Waals surface area contributed by atoms with Gasteiger partial charge in [0.15, 0.2) is 5.78 Å². The first-order valence-electron chi connectivity index (χ1n) is 23.5. The van der Waals surface area contributed by atoms with Gasteiger partial charge in [0.2, 0.25) is 0 Å². The summed E-state index contributed by atoms with van der Waals surface area (Å²) in [6.07, 6.45) is 18.1. The smallest absolute Gasteiger partial charge is 0.159 e. The van der Waals surface area contributed by atoms with E-state index in [1.54, 1.807) is 0 Å². The number of dihydropyridines is 1. The van der Waals surface area contributed by atoms with Crippen molar-refractivity contribution in [1.29, 1.82) is 0 Å². The first kappa shape index (κ1) is 41.8. The molecule has 1 aromatic rings. The first-order chi connectivity index (χ1) is 27.9. The highest BCUT2D eigenvalue weighted by Crippen LogP contribution is 2.76. The predicted molar refractivity (Wildman–Crippen MR) is 231 cm³/mol. The van der Waals surface area contributed by atoms with E-state index in [1.807, 2.05) is 19.1 Å². The molecule has 1 spiro atoms. The van der Waals surface area contributed by atoms with Gasteiger partial charge in [0, 0.05) is 24.5 Å². The molecular formula is C51H74N2O6. The Morgan fingerprint density at radius 1 is 0.983 bits per heavy atom. The lowest BCUT2D eigenvalue weighted by Crippen LogP contribution is -2.67. The SMILES string of the molecule is C[C@@H]1CCO[C@]([C@H]2CC[C@@]3(O)C4=CC(=O)[C@@H]5C[C@@H](O)CC6(CCCC6)[C@]5(C)[C@H]4[C@H](CCc4ccccc4)C[C@]23C)([C@H]2O[C@@H]2[C@](C)(O)C(C)(C)CCC2=CCNC(N)=C2)C1. The number of fused-ring (bicyclic) bond motifs is 6. The van der Waals surface area contributed by atoms with Gasteiger partial charge in [-0.3, -0.25) is 4.79 Å². The van der Waals surface area contributed by atoms with E-state index in [9.17, 15) is 20.1 Å². The van der Waals surface area contributed by atoms with E-state index in [0.717, 1.165) is 95.6 Å². The molecule has 2 saturated heterocycles. The van der Waals surface area contributed by atoms with Crippen molar-refractivity contribution in [3.05, 3.63) is 71.1 Å². The molecular weight excluding hydrogens is 737 g/mol. The predicted octanol–water partition coefficient (Wildman–Crippen LogP) is 8.09. The number of epoxide rings is 1. The molecule has 0 amide bonds. The number of hydrogen-bond acceptors (Lipinski definition) is 8. The number of aliphatic hydroxyl groups is 3. The van der Waals surface area contributed by atoms with Crippen LogP contribution in [0.15, 0.2) is 65.5 Å². The third kappa shape index (κ3) is 6.33. The third-order valence-corrected chi connectivity index (χ3v) is 19.2. The van der Waals surface area contributed by atoms with E-state index >= 15 is 0 Å². The number of aliphatic hydroxyl groups excluding tert-OH is 1. The Hall–Kier alpha value is -2.49. The highest BCUT2D eigenvalue weighted by molar-refractivity contribution is 5.95. The van der Waals surface area contributed by atoms with Crippen LogP contribution < -0.4 is 11.1 Å². The summed E-state index contributed by atoms with van der Waals surface area (Å²) < 4.78 is 14.1. The second-order valence-electron chi connectivity index (χ2n) is 22.4. The number of benzene rings is 1. The minimum atomic E-state index is -1.17. The van der Waals surface area contributed by atoms with Crippen LogP contribution in [0.25, 0.3) is 0 Å². The highest BCUT2D eigenvalue weighted by Gasteiger charge is 2.77. The number of nitrogens with one attached hydrogen (secondary N) is 1. The summed E-state index contributed by atoms with van der Waals surface area (Å²) >= 11 is 0. The Bertz CT molecular complexity index is 1880. The number of hydrogen-bond donors (Lipinski definition) is 5. The second kappa shape index (κ2) is 14.5. The molecule has 4 saturated carbocycles. The Morgan fingerprint density at radius 2 is 1.73 bits per heavy atom. The molecule has 0 aromatic heterocycles. The molecule has 6 N–H and O–H groups in total. The van der Waals surface area contributed by atoms with E-state index < -0.39 is 39.8 Å². The highest BCUT2D eigenvalue weighted by atomic mass is 16.6. The van der Waals surface area contributed by atoms with Gasteiger partial charge in [0.05, 0.1) is 23.1 Å². The number of ketones is 1. The Morgan fingerprint density at radius 3 is 2.44 bits per heavy atom. The zero-order valence-electron chi connectivity index (χ0n) is 36.9. The van der Waals surface area contributed by atoms with Crippen LogP contribution in [0, 0.1) is 51.2 Å². The standard InChI is InChI=1S/C51H74N2O6/c1-32-19-25-58-50(29-32,44-43(59-44)48(6,56)45(2,3)22-16-34-18-24-53-41(52)26-34)40-17-23-51(57)38-28-39(55)37-27-36(54)31-49(20-10-11-21-49)47(37,5)42(38)35(30-46(40,51)4)15-14-33-12-8-7-9-13-33/h7-9,12-13,18,26,28,32,35-37,40,42-44,53-54,56-57H,10-11,14-17,19-25,27,29-31,52H2,1-6H3/t32-,35-,36-,37+,40+,42+,43+,44+,46-,47+,48+,50-,51-/m1/s1. The zero-order valence-corrected chi connectivity index (χ0v) is 36.9. The molecule has 5 aliphatic carbocycles. The maximum Gasteiger partial charge on any atom is 0.159 e. The summed E-state index contributed by atoms with van der Waals surface area (Å²) in [6, 6.07) is 10.8. The van der Waals surface area contributed by atoms with Crippen molar-refractivity contribution in [2.75, 3.05) is 13.2 Å². The lowest BCUT2D eigenvalue weighted by Gasteiger charge is -2.67. The topological polar surface area (TPSA) is 138 Å². The van der Waals surface area contributed by atoms with Crippen molar-refractivity contribution in [2.24, 2.45) is 57.0 Å². The van der Waals surface area contributed by atoms with Crippen molar-refractivity contribution in [1.82, 2.24) is 5.32 Å². The first-order valence-corrected chi connectivity index (χ1v) is 23.5. The number of carbonyl (C=O) groups excluding carboxylic acids is 1. The van der Waals surface area contributed by atoms with Gasteiger partial charge in [-0.1, -0.05) is 83.9 Å². The normalized spacial score (nSPS) is 43.7. The van der Waals surface area contributed by atoms with Crippen LogP contribution in [0.1, 0.15) is 137 Å². The minimum Gasteiger partial charge on any atom is -0.393 e. The van der Waals surface area contributed by atoms with Crippen LogP contribution in [-0.4, -0.2) is 69.4 Å². The number of nitrogens with two attached hydrogens (primary N) is 1. The van der Waals surface area contributed by atoms with E-state index in [-0.39, 0.29) is 46.4 Å². The number of rotatable bonds is 10. The average molecular weight is 811 g/mol. The van der Waals surface area contributed by atoms with Gasteiger partial charge in [-0.2, -0.15) is 0 Å². The molecule has 0 radical (unpaired) electrons. The summed E-state index contributed by atoms with van der Waals surface area (Å²) in [4.78, 5) is 14.7. The summed E-state index contributed by atoms with van der Waals surface area (Å²) in [5.41, 5.74) is 5.11. The molecule has 0 unspecified atom stereocenters. The summed E-state index contributed by atoms with van der Waals surface area (Å²) in [7, 11) is 0. The maximum atomic E-state index is 14.7. The molecule has 8 heteroatoms. The van der Waals surface area contributed by atoms with Crippen LogP contribution in [0.2, 0.25) is 0 Å². The number of aryl methyl sites for hydroxylation is 1. The Labute approximate surface area is 353 Å². The fourth-order valence-corrected chi connectivity index (χ4v) is 15.5. The number of allylic oxidation sites excluding steroid dienone is 3. The van der Waals surface area contributed by atoms with E-state index in [2.05, 4.69) is 76.3 Å². The zero-order chi connectivity index (χ0) is 41.8. The van der Waals surface area contributed by atoms with Gasteiger partial charge in [-0.05, 0) is 159 Å². The van der Waals surface area contributed by atoms with Crippen LogP contribution in [0.4, 0.5) is 0 Å². The van der Waals surface area contributed by atoms with Crippen LogP contribution in [-0.2, 0) is 20.7 Å². The molecule has 324 valence electrons. The van der Waals surface area contributed by atoms with Gasteiger partial charge in [0.1, 0.15) is 17.8 Å². The van der Waals surface area contributed by atoms with Crippen molar-refractivity contribution in [3.8, 4) is 0 Å². The van der Waals surface area contributed by atoms with Crippen molar-refractivity contribution in [3.63, 3.8) is 0 Å². The van der Waals surface area contributed by atoms with Gasteiger partial charge >= 0.3 is 0 Å². The molecule has 3 heterocycles. The Balaban J connectivity index is 1.09. The molecule has 0 bridgehead atoms. The fourth-order valence-electron chi connectivity index (χ4n) is 15.5. The van der Waals surface area contributed by atoms with Crippen molar-refractivity contribution < 1.29 is 29.6 Å². The summed E-state index contributed by atoms with van der Waals surface area (Å²) in [6.45, 7) is 14.7. The summed E-state index contributed by atoms with van der Waals surface area (Å²) in [5, 5.41) is 41.0. The molecule has 6 fully saturated rings.